The quantitative estimate of drug-likeness (QED) is 0.799. The summed E-state index contributed by atoms with van der Waals surface area (Å²) >= 11 is 0. The molecule has 2 rings (SSSR count). The fourth-order valence-corrected chi connectivity index (χ4v) is 3.23. The third-order valence-electron chi connectivity index (χ3n) is 4.18. The Morgan fingerprint density at radius 3 is 2.58 bits per heavy atom. The molecule has 0 saturated heterocycles. The van der Waals surface area contributed by atoms with Crippen molar-refractivity contribution in [1.82, 2.24) is 4.90 Å². The van der Waals surface area contributed by atoms with Gasteiger partial charge in [-0.25, -0.2) is 0 Å². The molecule has 0 aromatic heterocycles. The molecule has 0 saturated carbocycles. The van der Waals surface area contributed by atoms with Gasteiger partial charge in [0.05, 0.1) is 11.4 Å². The van der Waals surface area contributed by atoms with Gasteiger partial charge in [-0.05, 0) is 37.6 Å². The van der Waals surface area contributed by atoms with E-state index in [1.54, 1.807) is 0 Å². The highest BCUT2D eigenvalue weighted by Gasteiger charge is 2.30. The monoisotopic (exact) mass is 261 g/mol. The van der Waals surface area contributed by atoms with Gasteiger partial charge in [0.15, 0.2) is 0 Å². The number of nitrogen functional groups attached to an aromatic ring is 1. The summed E-state index contributed by atoms with van der Waals surface area (Å²) in [5.41, 5.74) is 9.46. The molecule has 1 aliphatic heterocycles. The molecular weight excluding hydrogens is 234 g/mol. The van der Waals surface area contributed by atoms with Gasteiger partial charge in [0.25, 0.3) is 0 Å². The molecule has 0 fully saturated rings. The summed E-state index contributed by atoms with van der Waals surface area (Å²) in [6, 6.07) is 6.84. The van der Waals surface area contributed by atoms with Crippen LogP contribution >= 0.6 is 0 Å². The number of hydrogen-bond donors (Lipinski definition) is 2. The minimum Gasteiger partial charge on any atom is -0.397 e. The molecule has 0 aliphatic carbocycles. The summed E-state index contributed by atoms with van der Waals surface area (Å²) in [7, 11) is 0. The third-order valence-corrected chi connectivity index (χ3v) is 4.18. The van der Waals surface area contributed by atoms with Gasteiger partial charge >= 0.3 is 0 Å². The van der Waals surface area contributed by atoms with Gasteiger partial charge in [-0.1, -0.05) is 32.9 Å². The number of fused-ring (bicyclic) bond motifs is 1. The van der Waals surface area contributed by atoms with Crippen molar-refractivity contribution in [3.8, 4) is 0 Å². The van der Waals surface area contributed by atoms with Crippen molar-refractivity contribution in [2.45, 2.75) is 45.6 Å². The maximum Gasteiger partial charge on any atom is 0.0610 e. The summed E-state index contributed by atoms with van der Waals surface area (Å²) in [5.74, 6) is 0.540. The minimum atomic E-state index is 0.540. The summed E-state index contributed by atoms with van der Waals surface area (Å²) < 4.78 is 0. The normalized spacial score (nSPS) is 22.1. The molecule has 106 valence electrons. The summed E-state index contributed by atoms with van der Waals surface area (Å²) in [6.45, 7) is 10.2. The molecule has 2 atom stereocenters. The lowest BCUT2D eigenvalue weighted by atomic mass is 9.87. The van der Waals surface area contributed by atoms with E-state index in [9.17, 15) is 0 Å². The average molecular weight is 261 g/mol. The number of nitrogens with two attached hydrogens (primary N) is 1. The topological polar surface area (TPSA) is 41.3 Å². The highest BCUT2D eigenvalue weighted by Crippen LogP contribution is 2.37. The van der Waals surface area contributed by atoms with Gasteiger partial charge in [-0.15, -0.1) is 0 Å². The van der Waals surface area contributed by atoms with E-state index in [1.807, 2.05) is 6.07 Å². The van der Waals surface area contributed by atoms with Gasteiger partial charge < -0.3 is 11.1 Å². The van der Waals surface area contributed by atoms with E-state index >= 15 is 0 Å². The van der Waals surface area contributed by atoms with Crippen molar-refractivity contribution in [1.29, 1.82) is 0 Å². The molecule has 0 amide bonds. The number of rotatable bonds is 5. The molecule has 1 aromatic carbocycles. The Labute approximate surface area is 117 Å². The van der Waals surface area contributed by atoms with Gasteiger partial charge in [-0.2, -0.15) is 0 Å². The Balaban J connectivity index is 2.22. The Hall–Kier alpha value is -1.22. The molecule has 0 spiro atoms. The van der Waals surface area contributed by atoms with Crippen molar-refractivity contribution in [3.05, 3.63) is 23.8 Å². The SMILES string of the molecule is CCCN(CCC)C1CNc2c(N)cccc2C1C. The van der Waals surface area contributed by atoms with Crippen molar-refractivity contribution < 1.29 is 0 Å². The van der Waals surface area contributed by atoms with Crippen LogP contribution in [0.15, 0.2) is 18.2 Å². The van der Waals surface area contributed by atoms with Gasteiger partial charge in [-0.3, -0.25) is 4.90 Å². The fourth-order valence-electron chi connectivity index (χ4n) is 3.23. The van der Waals surface area contributed by atoms with Crippen LogP contribution in [0.2, 0.25) is 0 Å². The predicted molar refractivity (Wildman–Crippen MR) is 83.7 cm³/mol. The molecule has 0 bridgehead atoms. The predicted octanol–water partition coefficient (Wildman–Crippen LogP) is 3.29. The van der Waals surface area contributed by atoms with Gasteiger partial charge in [0.1, 0.15) is 0 Å². The van der Waals surface area contributed by atoms with E-state index in [-0.39, 0.29) is 0 Å². The van der Waals surface area contributed by atoms with E-state index in [2.05, 4.69) is 43.1 Å². The molecule has 1 aliphatic rings. The van der Waals surface area contributed by atoms with E-state index in [0.717, 1.165) is 17.9 Å². The Bertz CT molecular complexity index is 410. The molecule has 2 unspecified atom stereocenters. The van der Waals surface area contributed by atoms with Crippen LogP contribution in [-0.4, -0.2) is 30.6 Å². The van der Waals surface area contributed by atoms with Crippen LogP contribution in [0.4, 0.5) is 11.4 Å². The molecule has 1 heterocycles. The largest absolute Gasteiger partial charge is 0.397 e. The number of hydrogen-bond acceptors (Lipinski definition) is 3. The van der Waals surface area contributed by atoms with E-state index < -0.39 is 0 Å². The second-order valence-corrected chi connectivity index (χ2v) is 5.58. The number of anilines is 2. The molecule has 1 aromatic rings. The van der Waals surface area contributed by atoms with Gasteiger partial charge in [0.2, 0.25) is 0 Å². The zero-order chi connectivity index (χ0) is 13.8. The number of nitrogens with zero attached hydrogens (tertiary/aromatic N) is 1. The lowest BCUT2D eigenvalue weighted by Crippen LogP contribution is -2.46. The Kier molecular flexibility index (Phi) is 4.70. The zero-order valence-electron chi connectivity index (χ0n) is 12.4. The first-order valence-corrected chi connectivity index (χ1v) is 7.55. The van der Waals surface area contributed by atoms with E-state index in [4.69, 9.17) is 5.73 Å². The zero-order valence-corrected chi connectivity index (χ0v) is 12.4. The molecule has 3 nitrogen and oxygen atoms in total. The number of para-hydroxylation sites is 1. The first-order valence-electron chi connectivity index (χ1n) is 7.55. The maximum absolute atomic E-state index is 6.07. The van der Waals surface area contributed by atoms with Crippen LogP contribution in [0, 0.1) is 0 Å². The van der Waals surface area contributed by atoms with Crippen LogP contribution in [0.1, 0.15) is 45.1 Å². The first kappa shape index (κ1) is 14.2. The highest BCUT2D eigenvalue weighted by molar-refractivity contribution is 5.72. The first-order chi connectivity index (χ1) is 9.19. The van der Waals surface area contributed by atoms with Crippen LogP contribution < -0.4 is 11.1 Å². The molecule has 0 radical (unpaired) electrons. The van der Waals surface area contributed by atoms with Crippen molar-refractivity contribution in [2.75, 3.05) is 30.7 Å². The summed E-state index contributed by atoms with van der Waals surface area (Å²) in [6.07, 6.45) is 2.43. The smallest absolute Gasteiger partial charge is 0.0610 e. The molecule has 3 heteroatoms. The number of benzene rings is 1. The van der Waals surface area contributed by atoms with E-state index in [0.29, 0.717) is 12.0 Å². The van der Waals surface area contributed by atoms with Crippen LogP contribution in [0.5, 0.6) is 0 Å². The summed E-state index contributed by atoms with van der Waals surface area (Å²) in [5, 5.41) is 3.54. The van der Waals surface area contributed by atoms with Crippen LogP contribution in [0.25, 0.3) is 0 Å². The second-order valence-electron chi connectivity index (χ2n) is 5.58. The second kappa shape index (κ2) is 6.29. The minimum absolute atomic E-state index is 0.540. The fraction of sp³-hybridized carbons (Fsp3) is 0.625. The van der Waals surface area contributed by atoms with Gasteiger partial charge in [0, 0.05) is 18.5 Å². The standard InChI is InChI=1S/C16H27N3/c1-4-9-19(10-5-2)15-11-18-16-13(12(15)3)7-6-8-14(16)17/h6-8,12,15,18H,4-5,9-11,17H2,1-3H3. The molecule has 19 heavy (non-hydrogen) atoms. The van der Waals surface area contributed by atoms with Crippen molar-refractivity contribution in [2.24, 2.45) is 0 Å². The summed E-state index contributed by atoms with van der Waals surface area (Å²) in [4.78, 5) is 2.63. The third kappa shape index (κ3) is 2.86. The highest BCUT2D eigenvalue weighted by atomic mass is 15.2. The van der Waals surface area contributed by atoms with Crippen molar-refractivity contribution >= 4 is 11.4 Å². The van der Waals surface area contributed by atoms with E-state index in [1.165, 1.54) is 31.5 Å². The lowest BCUT2D eigenvalue weighted by Gasteiger charge is -2.40. The van der Waals surface area contributed by atoms with Crippen molar-refractivity contribution in [3.63, 3.8) is 0 Å². The van der Waals surface area contributed by atoms with Crippen LogP contribution in [0.3, 0.4) is 0 Å². The maximum atomic E-state index is 6.07. The lowest BCUT2D eigenvalue weighted by molar-refractivity contribution is 0.179. The van der Waals surface area contributed by atoms with Crippen LogP contribution in [-0.2, 0) is 0 Å². The average Bonchev–Trinajstić information content (AvgIpc) is 2.40. The molecule has 3 N–H and O–H groups in total. The Morgan fingerprint density at radius 2 is 1.95 bits per heavy atom. The Morgan fingerprint density at radius 1 is 1.26 bits per heavy atom. The molecular formula is C16H27N3. The number of nitrogens with one attached hydrogen (secondary N) is 1.